The van der Waals surface area contributed by atoms with Gasteiger partial charge in [0.15, 0.2) is 5.69 Å². The van der Waals surface area contributed by atoms with Crippen LogP contribution in [0.15, 0.2) is 60.9 Å². The topological polar surface area (TPSA) is 70.5 Å². The van der Waals surface area contributed by atoms with Crippen molar-refractivity contribution >= 4 is 5.97 Å². The van der Waals surface area contributed by atoms with Gasteiger partial charge in [0.2, 0.25) is 0 Å². The molecule has 0 fully saturated rings. The van der Waals surface area contributed by atoms with Crippen molar-refractivity contribution in [3.05, 3.63) is 66.6 Å². The number of ether oxygens (including phenoxy) is 3. The van der Waals surface area contributed by atoms with Crippen LogP contribution >= 0.6 is 0 Å². The Morgan fingerprint density at radius 1 is 0.676 bits per heavy atom. The van der Waals surface area contributed by atoms with E-state index >= 15 is 0 Å². The van der Waals surface area contributed by atoms with Crippen LogP contribution in [0.3, 0.4) is 0 Å². The van der Waals surface area contributed by atoms with Crippen LogP contribution in [-0.2, 0) is 0 Å². The summed E-state index contributed by atoms with van der Waals surface area (Å²) in [5, 5.41) is 0. The van der Waals surface area contributed by atoms with Crippen LogP contribution in [0, 0.1) is 0 Å². The van der Waals surface area contributed by atoms with Crippen LogP contribution in [0.2, 0.25) is 0 Å². The average molecular weight is 463 g/mol. The molecule has 34 heavy (non-hydrogen) atoms. The molecule has 1 heterocycles. The number of esters is 1. The summed E-state index contributed by atoms with van der Waals surface area (Å²) in [6.07, 6.45) is 11.3. The third-order valence-electron chi connectivity index (χ3n) is 5.28. The lowest BCUT2D eigenvalue weighted by Gasteiger charge is -2.08. The lowest BCUT2D eigenvalue weighted by atomic mass is 10.1. The lowest BCUT2D eigenvalue weighted by molar-refractivity contribution is 0.0728. The zero-order valence-corrected chi connectivity index (χ0v) is 20.2. The molecular formula is C28H34N2O4. The van der Waals surface area contributed by atoms with Crippen molar-refractivity contribution < 1.29 is 19.0 Å². The van der Waals surface area contributed by atoms with Gasteiger partial charge in [-0.05, 0) is 61.4 Å². The fraction of sp³-hybridized carbons (Fsp3) is 0.393. The lowest BCUT2D eigenvalue weighted by Crippen LogP contribution is -2.11. The Bertz CT molecular complexity index is 986. The van der Waals surface area contributed by atoms with Gasteiger partial charge in [-0.25, -0.2) is 9.78 Å². The maximum atomic E-state index is 12.4. The van der Waals surface area contributed by atoms with Gasteiger partial charge in [-0.3, -0.25) is 4.98 Å². The fourth-order valence-electron chi connectivity index (χ4n) is 3.36. The molecule has 3 rings (SSSR count). The van der Waals surface area contributed by atoms with Crippen molar-refractivity contribution in [2.45, 2.75) is 58.8 Å². The molecule has 6 nitrogen and oxygen atoms in total. The van der Waals surface area contributed by atoms with E-state index in [9.17, 15) is 4.79 Å². The summed E-state index contributed by atoms with van der Waals surface area (Å²) in [6.45, 7) is 5.67. The standard InChI is InChI=1S/C28H34N2O4/c1-3-5-6-7-8-9-19-33-24-14-16-25(17-15-24)34-28(31)27-21-29-26(20-30-27)22-10-12-23(13-11-22)32-18-4-2/h10-17,20-21H,3-9,18-19H2,1-2H3. The van der Waals surface area contributed by atoms with E-state index in [0.29, 0.717) is 24.7 Å². The Morgan fingerprint density at radius 3 is 1.94 bits per heavy atom. The third kappa shape index (κ3) is 8.18. The third-order valence-corrected chi connectivity index (χ3v) is 5.28. The Morgan fingerprint density at radius 2 is 1.29 bits per heavy atom. The highest BCUT2D eigenvalue weighted by Gasteiger charge is 2.12. The normalized spacial score (nSPS) is 10.6. The van der Waals surface area contributed by atoms with E-state index in [0.717, 1.165) is 29.9 Å². The molecular weight excluding hydrogens is 428 g/mol. The highest BCUT2D eigenvalue weighted by atomic mass is 16.5. The fourth-order valence-corrected chi connectivity index (χ4v) is 3.36. The summed E-state index contributed by atoms with van der Waals surface area (Å²) in [6, 6.07) is 14.7. The van der Waals surface area contributed by atoms with Gasteiger partial charge in [-0.2, -0.15) is 0 Å². The van der Waals surface area contributed by atoms with Gasteiger partial charge in [0.25, 0.3) is 0 Å². The predicted molar refractivity (Wildman–Crippen MR) is 134 cm³/mol. The number of hydrogen-bond donors (Lipinski definition) is 0. The molecule has 2 aromatic carbocycles. The molecule has 180 valence electrons. The van der Waals surface area contributed by atoms with Crippen molar-refractivity contribution in [3.63, 3.8) is 0 Å². The number of unbranched alkanes of at least 4 members (excludes halogenated alkanes) is 5. The van der Waals surface area contributed by atoms with E-state index in [4.69, 9.17) is 14.2 Å². The minimum absolute atomic E-state index is 0.148. The molecule has 0 aliphatic rings. The van der Waals surface area contributed by atoms with Crippen molar-refractivity contribution in [1.82, 2.24) is 9.97 Å². The van der Waals surface area contributed by atoms with E-state index in [-0.39, 0.29) is 5.69 Å². The van der Waals surface area contributed by atoms with Gasteiger partial charge in [-0.15, -0.1) is 0 Å². The number of carbonyl (C=O) groups excluding carboxylic acids is 1. The molecule has 0 unspecified atom stereocenters. The van der Waals surface area contributed by atoms with E-state index in [1.54, 1.807) is 18.3 Å². The first kappa shape index (κ1) is 25.2. The summed E-state index contributed by atoms with van der Waals surface area (Å²) >= 11 is 0. The van der Waals surface area contributed by atoms with Crippen molar-refractivity contribution in [2.24, 2.45) is 0 Å². The zero-order chi connectivity index (χ0) is 24.0. The molecule has 0 saturated carbocycles. The highest BCUT2D eigenvalue weighted by molar-refractivity contribution is 5.88. The molecule has 0 atom stereocenters. The molecule has 0 aliphatic carbocycles. The monoisotopic (exact) mass is 462 g/mol. The van der Waals surface area contributed by atoms with Crippen LogP contribution in [-0.4, -0.2) is 29.2 Å². The van der Waals surface area contributed by atoms with Crippen LogP contribution in [0.4, 0.5) is 0 Å². The largest absolute Gasteiger partial charge is 0.494 e. The first-order chi connectivity index (χ1) is 16.7. The van der Waals surface area contributed by atoms with Crippen LogP contribution in [0.25, 0.3) is 11.3 Å². The number of rotatable bonds is 14. The van der Waals surface area contributed by atoms with Crippen molar-refractivity contribution in [3.8, 4) is 28.5 Å². The second-order valence-electron chi connectivity index (χ2n) is 8.14. The summed E-state index contributed by atoms with van der Waals surface area (Å²) in [5.41, 5.74) is 1.72. The molecule has 1 aromatic heterocycles. The van der Waals surface area contributed by atoms with Gasteiger partial charge < -0.3 is 14.2 Å². The van der Waals surface area contributed by atoms with Gasteiger partial charge in [-0.1, -0.05) is 46.0 Å². The quantitative estimate of drug-likeness (QED) is 0.148. The van der Waals surface area contributed by atoms with Crippen LogP contribution in [0.5, 0.6) is 17.2 Å². The Kier molecular flexibility index (Phi) is 10.4. The van der Waals surface area contributed by atoms with Crippen molar-refractivity contribution in [1.29, 1.82) is 0 Å². The Labute approximate surface area is 202 Å². The highest BCUT2D eigenvalue weighted by Crippen LogP contribution is 2.21. The molecule has 0 spiro atoms. The SMILES string of the molecule is CCCCCCCCOc1ccc(OC(=O)c2cnc(-c3ccc(OCCC)cc3)cn2)cc1. The zero-order valence-electron chi connectivity index (χ0n) is 20.2. The molecule has 0 N–H and O–H groups in total. The smallest absolute Gasteiger partial charge is 0.363 e. The maximum Gasteiger partial charge on any atom is 0.363 e. The molecule has 0 radical (unpaired) electrons. The molecule has 0 saturated heterocycles. The van der Waals surface area contributed by atoms with Crippen molar-refractivity contribution in [2.75, 3.05) is 13.2 Å². The Hall–Kier alpha value is -3.41. The second-order valence-corrected chi connectivity index (χ2v) is 8.14. The first-order valence-electron chi connectivity index (χ1n) is 12.2. The first-order valence-corrected chi connectivity index (χ1v) is 12.2. The Balaban J connectivity index is 1.46. The van der Waals surface area contributed by atoms with E-state index < -0.39 is 5.97 Å². The molecule has 0 bridgehead atoms. The van der Waals surface area contributed by atoms with Gasteiger partial charge in [0.1, 0.15) is 17.2 Å². The van der Waals surface area contributed by atoms with E-state index in [1.807, 2.05) is 36.4 Å². The van der Waals surface area contributed by atoms with Gasteiger partial charge >= 0.3 is 5.97 Å². The minimum Gasteiger partial charge on any atom is -0.494 e. The van der Waals surface area contributed by atoms with Gasteiger partial charge in [0, 0.05) is 5.56 Å². The molecule has 0 aliphatic heterocycles. The van der Waals surface area contributed by atoms with E-state index in [2.05, 4.69) is 23.8 Å². The summed E-state index contributed by atoms with van der Waals surface area (Å²) < 4.78 is 16.8. The molecule has 3 aromatic rings. The number of aromatic nitrogens is 2. The number of hydrogen-bond acceptors (Lipinski definition) is 6. The van der Waals surface area contributed by atoms with E-state index in [1.165, 1.54) is 38.3 Å². The molecule has 6 heteroatoms. The summed E-state index contributed by atoms with van der Waals surface area (Å²) in [4.78, 5) is 21.0. The number of benzene rings is 2. The van der Waals surface area contributed by atoms with Crippen LogP contribution < -0.4 is 14.2 Å². The summed E-state index contributed by atoms with van der Waals surface area (Å²) in [7, 11) is 0. The average Bonchev–Trinajstić information content (AvgIpc) is 2.88. The number of nitrogens with zero attached hydrogens (tertiary/aromatic N) is 2. The van der Waals surface area contributed by atoms with Crippen LogP contribution in [0.1, 0.15) is 69.3 Å². The second kappa shape index (κ2) is 14.0. The molecule has 0 amide bonds. The summed E-state index contributed by atoms with van der Waals surface area (Å²) in [5.74, 6) is 1.47. The van der Waals surface area contributed by atoms with Gasteiger partial charge in [0.05, 0.1) is 31.3 Å². The maximum absolute atomic E-state index is 12.4. The predicted octanol–water partition coefficient (Wildman–Crippen LogP) is 6.89. The number of carbonyl (C=O) groups is 1. The minimum atomic E-state index is -0.553.